The predicted octanol–water partition coefficient (Wildman–Crippen LogP) is 2.36. The highest BCUT2D eigenvalue weighted by Crippen LogP contribution is 2.21. The van der Waals surface area contributed by atoms with E-state index >= 15 is 0 Å². The van der Waals surface area contributed by atoms with Crippen LogP contribution >= 0.6 is 11.6 Å². The fraction of sp³-hybridized carbons (Fsp3) is 0.429. The van der Waals surface area contributed by atoms with Gasteiger partial charge in [0, 0.05) is 43.9 Å². The minimum Gasteiger partial charge on any atom is -0.339 e. The van der Waals surface area contributed by atoms with Gasteiger partial charge in [0.25, 0.3) is 0 Å². The van der Waals surface area contributed by atoms with Crippen LogP contribution in [0.3, 0.4) is 0 Å². The first-order chi connectivity index (χ1) is 10.5. The number of rotatable bonds is 5. The Kier molecular flexibility index (Phi) is 3.98. The molecule has 0 aromatic carbocycles. The van der Waals surface area contributed by atoms with Crippen LogP contribution < -0.4 is 0 Å². The van der Waals surface area contributed by atoms with Gasteiger partial charge in [-0.1, -0.05) is 16.8 Å². The Balaban J connectivity index is 1.71. The third kappa shape index (κ3) is 2.89. The largest absolute Gasteiger partial charge is 0.339 e. The van der Waals surface area contributed by atoms with Gasteiger partial charge in [0.2, 0.25) is 5.89 Å². The molecule has 0 spiro atoms. The van der Waals surface area contributed by atoms with Gasteiger partial charge < -0.3 is 9.09 Å². The van der Waals surface area contributed by atoms with E-state index in [-0.39, 0.29) is 6.04 Å². The number of nitrogens with zero attached hydrogens (tertiary/aromatic N) is 6. The summed E-state index contributed by atoms with van der Waals surface area (Å²) in [5.74, 6) is 1.22. The molecule has 0 bridgehead atoms. The van der Waals surface area contributed by atoms with Crippen LogP contribution in [0.25, 0.3) is 0 Å². The number of hydrogen-bond acceptors (Lipinski definition) is 5. The monoisotopic (exact) mass is 320 g/mol. The second-order valence-electron chi connectivity index (χ2n) is 5.32. The van der Waals surface area contributed by atoms with E-state index in [0.717, 1.165) is 11.3 Å². The molecule has 3 heterocycles. The van der Waals surface area contributed by atoms with Gasteiger partial charge in [-0.15, -0.1) is 0 Å². The van der Waals surface area contributed by atoms with E-state index in [4.69, 9.17) is 16.1 Å². The predicted molar refractivity (Wildman–Crippen MR) is 80.7 cm³/mol. The third-order valence-electron chi connectivity index (χ3n) is 3.62. The molecule has 7 nitrogen and oxygen atoms in total. The Hall–Kier alpha value is -2.15. The van der Waals surface area contributed by atoms with E-state index in [1.165, 1.54) is 0 Å². The summed E-state index contributed by atoms with van der Waals surface area (Å²) >= 11 is 6.23. The summed E-state index contributed by atoms with van der Waals surface area (Å²) in [6, 6.07) is 0.208. The van der Waals surface area contributed by atoms with Crippen LogP contribution in [0.4, 0.5) is 0 Å². The maximum Gasteiger partial charge on any atom is 0.228 e. The molecule has 0 aliphatic heterocycles. The van der Waals surface area contributed by atoms with E-state index in [9.17, 15) is 0 Å². The summed E-state index contributed by atoms with van der Waals surface area (Å²) in [5.41, 5.74) is 1.81. The first kappa shape index (κ1) is 14.8. The molecule has 0 unspecified atom stereocenters. The molecule has 3 aromatic rings. The van der Waals surface area contributed by atoms with Crippen molar-refractivity contribution < 1.29 is 4.52 Å². The molecule has 1 atom stereocenters. The van der Waals surface area contributed by atoms with Crippen LogP contribution in [0.1, 0.15) is 35.9 Å². The van der Waals surface area contributed by atoms with E-state index in [1.807, 2.05) is 24.7 Å². The number of hydrogen-bond donors (Lipinski definition) is 0. The number of imidazole rings is 1. The smallest absolute Gasteiger partial charge is 0.228 e. The van der Waals surface area contributed by atoms with E-state index in [0.29, 0.717) is 29.7 Å². The van der Waals surface area contributed by atoms with Gasteiger partial charge in [-0.2, -0.15) is 10.1 Å². The van der Waals surface area contributed by atoms with Crippen LogP contribution in [0.15, 0.2) is 23.2 Å². The average Bonchev–Trinajstić information content (AvgIpc) is 3.18. The molecule has 22 heavy (non-hydrogen) atoms. The molecule has 0 radical (unpaired) electrons. The van der Waals surface area contributed by atoms with Crippen LogP contribution in [-0.2, 0) is 19.9 Å². The van der Waals surface area contributed by atoms with Crippen molar-refractivity contribution in [1.29, 1.82) is 0 Å². The molecule has 0 N–H and O–H groups in total. The van der Waals surface area contributed by atoms with Crippen LogP contribution in [0.2, 0.25) is 5.15 Å². The molecule has 0 saturated carbocycles. The zero-order valence-corrected chi connectivity index (χ0v) is 13.4. The zero-order chi connectivity index (χ0) is 15.7. The van der Waals surface area contributed by atoms with E-state index in [2.05, 4.69) is 27.1 Å². The number of aryl methyl sites for hydroxylation is 2. The van der Waals surface area contributed by atoms with Crippen molar-refractivity contribution in [2.75, 3.05) is 0 Å². The first-order valence-electron chi connectivity index (χ1n) is 7.01. The zero-order valence-electron chi connectivity index (χ0n) is 12.7. The molecule has 0 aliphatic rings. The molecule has 3 rings (SSSR count). The van der Waals surface area contributed by atoms with Crippen molar-refractivity contribution in [2.24, 2.45) is 7.05 Å². The summed E-state index contributed by atoms with van der Waals surface area (Å²) in [6.45, 7) is 4.00. The lowest BCUT2D eigenvalue weighted by atomic mass is 10.2. The highest BCUT2D eigenvalue weighted by molar-refractivity contribution is 6.30. The molecule has 116 valence electrons. The first-order valence-corrected chi connectivity index (χ1v) is 7.39. The molecular weight excluding hydrogens is 304 g/mol. The highest BCUT2D eigenvalue weighted by Gasteiger charge is 2.16. The normalized spacial score (nSPS) is 12.7. The molecule has 3 aromatic heterocycles. The Bertz CT molecular complexity index is 760. The Morgan fingerprint density at radius 2 is 2.23 bits per heavy atom. The maximum absolute atomic E-state index is 6.23. The van der Waals surface area contributed by atoms with Crippen molar-refractivity contribution in [3.8, 4) is 0 Å². The topological polar surface area (TPSA) is 74.6 Å². The number of aromatic nitrogens is 6. The van der Waals surface area contributed by atoms with Gasteiger partial charge in [0.1, 0.15) is 5.15 Å². The summed E-state index contributed by atoms with van der Waals surface area (Å²) in [6.07, 6.45) is 6.62. The lowest BCUT2D eigenvalue weighted by Crippen LogP contribution is -2.06. The second kappa shape index (κ2) is 5.92. The van der Waals surface area contributed by atoms with Gasteiger partial charge in [-0.05, 0) is 13.8 Å². The van der Waals surface area contributed by atoms with Crippen molar-refractivity contribution >= 4 is 11.6 Å². The van der Waals surface area contributed by atoms with Crippen molar-refractivity contribution in [3.05, 3.63) is 46.8 Å². The van der Waals surface area contributed by atoms with Gasteiger partial charge in [-0.3, -0.25) is 4.68 Å². The SMILES string of the molecule is Cc1nn(C)c(Cl)c1Cc1noc(C[C@H](C)n2ccnc2)n1. The maximum atomic E-state index is 6.23. The Morgan fingerprint density at radius 3 is 2.86 bits per heavy atom. The quantitative estimate of drug-likeness (QED) is 0.721. The Labute approximate surface area is 132 Å². The molecule has 0 amide bonds. The van der Waals surface area contributed by atoms with Crippen LogP contribution in [-0.4, -0.2) is 29.5 Å². The van der Waals surface area contributed by atoms with Gasteiger partial charge in [0.15, 0.2) is 5.82 Å². The average molecular weight is 321 g/mol. The fourth-order valence-corrected chi connectivity index (χ4v) is 2.61. The minimum atomic E-state index is 0.208. The minimum absolute atomic E-state index is 0.208. The summed E-state index contributed by atoms with van der Waals surface area (Å²) < 4.78 is 8.98. The van der Waals surface area contributed by atoms with Gasteiger partial charge in [0.05, 0.1) is 12.0 Å². The molecule has 0 aliphatic carbocycles. The van der Waals surface area contributed by atoms with Crippen molar-refractivity contribution in [2.45, 2.75) is 32.7 Å². The fourth-order valence-electron chi connectivity index (χ4n) is 2.37. The summed E-state index contributed by atoms with van der Waals surface area (Å²) in [4.78, 5) is 8.48. The van der Waals surface area contributed by atoms with Crippen molar-refractivity contribution in [1.82, 2.24) is 29.5 Å². The third-order valence-corrected chi connectivity index (χ3v) is 4.09. The summed E-state index contributed by atoms with van der Waals surface area (Å²) in [7, 11) is 1.81. The van der Waals surface area contributed by atoms with E-state index < -0.39 is 0 Å². The van der Waals surface area contributed by atoms with Gasteiger partial charge in [-0.25, -0.2) is 4.98 Å². The lowest BCUT2D eigenvalue weighted by molar-refractivity contribution is 0.353. The van der Waals surface area contributed by atoms with Crippen LogP contribution in [0, 0.1) is 6.92 Å². The van der Waals surface area contributed by atoms with Crippen molar-refractivity contribution in [3.63, 3.8) is 0 Å². The van der Waals surface area contributed by atoms with Crippen LogP contribution in [0.5, 0.6) is 0 Å². The molecular formula is C14H17ClN6O. The van der Waals surface area contributed by atoms with E-state index in [1.54, 1.807) is 17.2 Å². The van der Waals surface area contributed by atoms with Gasteiger partial charge >= 0.3 is 0 Å². The molecule has 0 fully saturated rings. The lowest BCUT2D eigenvalue weighted by Gasteiger charge is -2.09. The Morgan fingerprint density at radius 1 is 1.41 bits per heavy atom. The molecule has 0 saturated heterocycles. The summed E-state index contributed by atoms with van der Waals surface area (Å²) in [5, 5.41) is 8.92. The molecule has 8 heteroatoms. The second-order valence-corrected chi connectivity index (χ2v) is 5.68. The number of halogens is 1. The standard InChI is InChI=1S/C14H17ClN6O/c1-9(21-5-4-16-8-21)6-13-17-12(19-22-13)7-11-10(2)18-20(3)14(11)15/h4-5,8-9H,6-7H2,1-3H3/t9-/m0/s1. The highest BCUT2D eigenvalue weighted by atomic mass is 35.5.